The minimum absolute atomic E-state index is 0.0505. The number of nitrogens with two attached hydrogens (primary N) is 1. The zero-order valence-electron chi connectivity index (χ0n) is 15.2. The molecule has 1 saturated carbocycles. The molecule has 2 aromatic carbocycles. The van der Waals surface area contributed by atoms with Crippen LogP contribution in [-0.4, -0.2) is 18.6 Å². The number of hydrogen-bond donors (Lipinski definition) is 2. The smallest absolute Gasteiger partial charge is 0.224 e. The first-order valence-electron chi connectivity index (χ1n) is 9.47. The van der Waals surface area contributed by atoms with Gasteiger partial charge >= 0.3 is 0 Å². The van der Waals surface area contributed by atoms with E-state index >= 15 is 0 Å². The molecule has 2 aromatic rings. The number of rotatable bonds is 8. The molecule has 26 heavy (non-hydrogen) atoms. The van der Waals surface area contributed by atoms with Gasteiger partial charge in [-0.15, -0.1) is 0 Å². The van der Waals surface area contributed by atoms with Crippen LogP contribution in [0.4, 0.5) is 5.69 Å². The number of anilines is 1. The molecule has 0 aliphatic heterocycles. The average molecular weight is 352 g/mol. The van der Waals surface area contributed by atoms with Crippen LogP contribution in [0.5, 0.6) is 0 Å². The standard InChI is InChI=1S/C22H28N2O2/c23-21-11-5-9-19(21)15-22(25)24-20-10-4-8-18(14-20)16-26-13-12-17-6-2-1-3-7-17/h1-4,6-8,10,14,19,21H,5,9,11-13,15-16,23H2,(H,24,25)/t19-,21+/m0/s1. The number of carbonyl (C=O) groups excluding carboxylic acids is 1. The highest BCUT2D eigenvalue weighted by Gasteiger charge is 2.25. The summed E-state index contributed by atoms with van der Waals surface area (Å²) in [7, 11) is 0. The van der Waals surface area contributed by atoms with E-state index in [4.69, 9.17) is 10.5 Å². The fourth-order valence-electron chi connectivity index (χ4n) is 3.53. The Kier molecular flexibility index (Phi) is 6.81. The number of nitrogens with one attached hydrogen (secondary N) is 1. The second-order valence-electron chi connectivity index (χ2n) is 7.10. The largest absolute Gasteiger partial charge is 0.376 e. The molecule has 2 atom stereocenters. The maximum Gasteiger partial charge on any atom is 0.224 e. The SMILES string of the molecule is N[C@@H]1CCC[C@H]1CC(=O)Nc1cccc(COCCc2ccccc2)c1. The molecule has 1 fully saturated rings. The molecule has 3 N–H and O–H groups in total. The lowest BCUT2D eigenvalue weighted by molar-refractivity contribution is -0.117. The van der Waals surface area contributed by atoms with Crippen molar-refractivity contribution >= 4 is 11.6 Å². The summed E-state index contributed by atoms with van der Waals surface area (Å²) in [6.45, 7) is 1.23. The van der Waals surface area contributed by atoms with E-state index in [1.807, 2.05) is 42.5 Å². The molecule has 0 radical (unpaired) electrons. The van der Waals surface area contributed by atoms with Gasteiger partial charge < -0.3 is 15.8 Å². The fourth-order valence-corrected chi connectivity index (χ4v) is 3.53. The van der Waals surface area contributed by atoms with Crippen LogP contribution in [0, 0.1) is 5.92 Å². The lowest BCUT2D eigenvalue weighted by Crippen LogP contribution is -2.28. The maximum atomic E-state index is 12.2. The maximum absolute atomic E-state index is 12.2. The highest BCUT2D eigenvalue weighted by atomic mass is 16.5. The third-order valence-corrected chi connectivity index (χ3v) is 5.02. The van der Waals surface area contributed by atoms with Crippen LogP contribution in [0.15, 0.2) is 54.6 Å². The van der Waals surface area contributed by atoms with E-state index in [1.165, 1.54) is 5.56 Å². The minimum Gasteiger partial charge on any atom is -0.376 e. The predicted octanol–water partition coefficient (Wildman–Crippen LogP) is 3.90. The van der Waals surface area contributed by atoms with Crippen LogP contribution in [-0.2, 0) is 22.6 Å². The lowest BCUT2D eigenvalue weighted by Gasteiger charge is -2.15. The summed E-state index contributed by atoms with van der Waals surface area (Å²) in [4.78, 5) is 12.2. The molecule has 138 valence electrons. The number of amides is 1. The van der Waals surface area contributed by atoms with Gasteiger partial charge in [0.05, 0.1) is 13.2 Å². The Morgan fingerprint density at radius 3 is 2.65 bits per heavy atom. The monoisotopic (exact) mass is 352 g/mol. The van der Waals surface area contributed by atoms with Gasteiger partial charge in [-0.1, -0.05) is 48.9 Å². The Morgan fingerprint density at radius 2 is 1.88 bits per heavy atom. The van der Waals surface area contributed by atoms with Gasteiger partial charge in [0, 0.05) is 18.2 Å². The van der Waals surface area contributed by atoms with Gasteiger partial charge in [0.15, 0.2) is 0 Å². The molecule has 1 aliphatic carbocycles. The van der Waals surface area contributed by atoms with Crippen molar-refractivity contribution in [2.45, 2.75) is 44.8 Å². The van der Waals surface area contributed by atoms with Gasteiger partial charge in [0.2, 0.25) is 5.91 Å². The first kappa shape index (κ1) is 18.6. The van der Waals surface area contributed by atoms with Gasteiger partial charge in [-0.05, 0) is 48.4 Å². The molecular weight excluding hydrogens is 324 g/mol. The molecule has 1 aliphatic rings. The van der Waals surface area contributed by atoms with E-state index in [1.54, 1.807) is 0 Å². The summed E-state index contributed by atoms with van der Waals surface area (Å²) in [6, 6.07) is 18.4. The number of carbonyl (C=O) groups is 1. The molecule has 0 spiro atoms. The van der Waals surface area contributed by atoms with Crippen LogP contribution in [0.3, 0.4) is 0 Å². The van der Waals surface area contributed by atoms with E-state index in [9.17, 15) is 4.79 Å². The number of benzene rings is 2. The van der Waals surface area contributed by atoms with Crippen molar-refractivity contribution in [3.63, 3.8) is 0 Å². The molecule has 0 unspecified atom stereocenters. The fraction of sp³-hybridized carbons (Fsp3) is 0.409. The number of hydrogen-bond acceptors (Lipinski definition) is 3. The van der Waals surface area contributed by atoms with Crippen LogP contribution in [0.1, 0.15) is 36.8 Å². The van der Waals surface area contributed by atoms with E-state index in [-0.39, 0.29) is 11.9 Å². The molecule has 0 aromatic heterocycles. The Morgan fingerprint density at radius 1 is 1.08 bits per heavy atom. The van der Waals surface area contributed by atoms with E-state index in [0.717, 1.165) is 36.9 Å². The summed E-state index contributed by atoms with van der Waals surface area (Å²) in [6.07, 6.45) is 4.64. The first-order valence-corrected chi connectivity index (χ1v) is 9.47. The Labute approximate surface area is 155 Å². The third kappa shape index (κ3) is 5.68. The first-order chi connectivity index (χ1) is 12.7. The summed E-state index contributed by atoms with van der Waals surface area (Å²) < 4.78 is 5.78. The third-order valence-electron chi connectivity index (χ3n) is 5.02. The molecule has 0 heterocycles. The molecular formula is C22H28N2O2. The Hall–Kier alpha value is -2.17. The number of ether oxygens (including phenoxy) is 1. The Bertz CT molecular complexity index is 702. The van der Waals surface area contributed by atoms with Crippen LogP contribution in [0.2, 0.25) is 0 Å². The van der Waals surface area contributed by atoms with Crippen molar-refractivity contribution in [1.82, 2.24) is 0 Å². The van der Waals surface area contributed by atoms with Gasteiger partial charge in [0.1, 0.15) is 0 Å². The molecule has 1 amide bonds. The van der Waals surface area contributed by atoms with Crippen LogP contribution >= 0.6 is 0 Å². The van der Waals surface area contributed by atoms with Crippen molar-refractivity contribution in [2.75, 3.05) is 11.9 Å². The molecule has 4 nitrogen and oxygen atoms in total. The zero-order chi connectivity index (χ0) is 18.2. The quantitative estimate of drug-likeness (QED) is 0.708. The van der Waals surface area contributed by atoms with Crippen molar-refractivity contribution in [3.05, 3.63) is 65.7 Å². The average Bonchev–Trinajstić information content (AvgIpc) is 3.04. The van der Waals surface area contributed by atoms with Crippen molar-refractivity contribution in [2.24, 2.45) is 11.7 Å². The topological polar surface area (TPSA) is 64.4 Å². The van der Waals surface area contributed by atoms with Crippen molar-refractivity contribution < 1.29 is 9.53 Å². The zero-order valence-corrected chi connectivity index (χ0v) is 15.2. The lowest BCUT2D eigenvalue weighted by atomic mass is 10.00. The van der Waals surface area contributed by atoms with Crippen molar-refractivity contribution in [1.29, 1.82) is 0 Å². The van der Waals surface area contributed by atoms with E-state index < -0.39 is 0 Å². The summed E-state index contributed by atoms with van der Waals surface area (Å²) >= 11 is 0. The van der Waals surface area contributed by atoms with E-state index in [0.29, 0.717) is 25.6 Å². The highest BCUT2D eigenvalue weighted by molar-refractivity contribution is 5.91. The predicted molar refractivity (Wildman–Crippen MR) is 105 cm³/mol. The Balaban J connectivity index is 1.43. The van der Waals surface area contributed by atoms with Gasteiger partial charge in [0.25, 0.3) is 0 Å². The molecule has 3 rings (SSSR count). The van der Waals surface area contributed by atoms with Gasteiger partial charge in [-0.2, -0.15) is 0 Å². The van der Waals surface area contributed by atoms with E-state index in [2.05, 4.69) is 17.4 Å². The highest BCUT2D eigenvalue weighted by Crippen LogP contribution is 2.27. The summed E-state index contributed by atoms with van der Waals surface area (Å²) in [5.74, 6) is 0.369. The second kappa shape index (κ2) is 9.51. The van der Waals surface area contributed by atoms with Gasteiger partial charge in [-0.3, -0.25) is 4.79 Å². The van der Waals surface area contributed by atoms with Crippen LogP contribution in [0.25, 0.3) is 0 Å². The second-order valence-corrected chi connectivity index (χ2v) is 7.10. The molecule has 0 saturated heterocycles. The normalized spacial score (nSPS) is 19.4. The van der Waals surface area contributed by atoms with Gasteiger partial charge in [-0.25, -0.2) is 0 Å². The van der Waals surface area contributed by atoms with Crippen molar-refractivity contribution in [3.8, 4) is 0 Å². The summed E-state index contributed by atoms with van der Waals surface area (Å²) in [5.41, 5.74) is 9.22. The molecule has 4 heteroatoms. The van der Waals surface area contributed by atoms with Crippen LogP contribution < -0.4 is 11.1 Å². The summed E-state index contributed by atoms with van der Waals surface area (Å²) in [5, 5.41) is 3.00. The minimum atomic E-state index is 0.0505. The molecule has 0 bridgehead atoms.